The van der Waals surface area contributed by atoms with Gasteiger partial charge in [0.1, 0.15) is 4.90 Å². The lowest BCUT2D eigenvalue weighted by atomic mass is 9.86. The maximum Gasteiger partial charge on any atom is 0.244 e. The van der Waals surface area contributed by atoms with Crippen LogP contribution in [0, 0.1) is 5.92 Å². The summed E-state index contributed by atoms with van der Waals surface area (Å²) >= 11 is 12.0. The highest BCUT2D eigenvalue weighted by Gasteiger charge is 2.31. The summed E-state index contributed by atoms with van der Waals surface area (Å²) in [4.78, 5) is 14.4. The maximum absolute atomic E-state index is 12.9. The number of carbonyl (C=O) groups excluding carboxylic acids is 1. The molecule has 1 aliphatic carbocycles. The Hall–Kier alpha value is -0.860. The zero-order valence-electron chi connectivity index (χ0n) is 16.0. The topological polar surface area (TPSA) is 69.7 Å². The molecule has 0 radical (unpaired) electrons. The molecule has 0 spiro atoms. The minimum atomic E-state index is -3.71. The van der Waals surface area contributed by atoms with Crippen LogP contribution < -0.4 is 5.32 Å². The normalized spacial score (nSPS) is 24.8. The number of rotatable bonds is 5. The van der Waals surface area contributed by atoms with E-state index in [2.05, 4.69) is 12.2 Å². The van der Waals surface area contributed by atoms with Crippen molar-refractivity contribution in [2.45, 2.75) is 43.5 Å². The average molecular weight is 448 g/mol. The fourth-order valence-corrected chi connectivity index (χ4v) is 6.09. The monoisotopic (exact) mass is 447 g/mol. The molecule has 3 rings (SSSR count). The van der Waals surface area contributed by atoms with Gasteiger partial charge in [-0.1, -0.05) is 43.0 Å². The Kier molecular flexibility index (Phi) is 7.26. The first-order chi connectivity index (χ1) is 13.3. The van der Waals surface area contributed by atoms with Crippen molar-refractivity contribution in [2.75, 3.05) is 32.7 Å². The summed E-state index contributed by atoms with van der Waals surface area (Å²) in [6.07, 6.45) is 4.60. The average Bonchev–Trinajstić information content (AvgIpc) is 2.66. The van der Waals surface area contributed by atoms with Crippen molar-refractivity contribution in [3.8, 4) is 0 Å². The summed E-state index contributed by atoms with van der Waals surface area (Å²) in [6, 6.07) is 4.69. The summed E-state index contributed by atoms with van der Waals surface area (Å²) < 4.78 is 27.2. The van der Waals surface area contributed by atoms with Gasteiger partial charge in [-0.25, -0.2) is 8.42 Å². The Bertz CT molecular complexity index is 811. The van der Waals surface area contributed by atoms with Crippen molar-refractivity contribution >= 4 is 39.1 Å². The third-order valence-electron chi connectivity index (χ3n) is 5.67. The van der Waals surface area contributed by atoms with Gasteiger partial charge in [-0.2, -0.15) is 4.31 Å². The van der Waals surface area contributed by atoms with Crippen LogP contribution in [-0.4, -0.2) is 62.3 Å². The Labute approximate surface area is 177 Å². The first-order valence-corrected chi connectivity index (χ1v) is 11.9. The molecule has 2 fully saturated rings. The number of sulfonamides is 1. The SMILES string of the molecule is C[C@@H]1CCCC[C@@H]1NC(=O)CN1CCN(S(=O)(=O)c2cc(Cl)ccc2Cl)CC1. The number of piperazine rings is 1. The van der Waals surface area contributed by atoms with Gasteiger partial charge in [0.15, 0.2) is 0 Å². The number of hydrogen-bond acceptors (Lipinski definition) is 4. The van der Waals surface area contributed by atoms with E-state index in [-0.39, 0.29) is 21.9 Å². The van der Waals surface area contributed by atoms with Gasteiger partial charge in [0.2, 0.25) is 15.9 Å². The molecule has 1 aromatic rings. The van der Waals surface area contributed by atoms with E-state index in [9.17, 15) is 13.2 Å². The summed E-state index contributed by atoms with van der Waals surface area (Å²) in [5, 5.41) is 3.64. The van der Waals surface area contributed by atoms with Gasteiger partial charge in [0.05, 0.1) is 11.6 Å². The van der Waals surface area contributed by atoms with E-state index in [4.69, 9.17) is 23.2 Å². The summed E-state index contributed by atoms with van der Waals surface area (Å²) in [5.41, 5.74) is 0. The highest BCUT2D eigenvalue weighted by Crippen LogP contribution is 2.28. The van der Waals surface area contributed by atoms with E-state index in [0.717, 1.165) is 19.3 Å². The van der Waals surface area contributed by atoms with Crippen LogP contribution in [0.4, 0.5) is 0 Å². The number of nitrogens with zero attached hydrogens (tertiary/aromatic N) is 2. The Balaban J connectivity index is 1.54. The molecule has 6 nitrogen and oxygen atoms in total. The largest absolute Gasteiger partial charge is 0.352 e. The quantitative estimate of drug-likeness (QED) is 0.752. The zero-order chi connectivity index (χ0) is 20.3. The van der Waals surface area contributed by atoms with E-state index in [1.165, 1.54) is 22.9 Å². The van der Waals surface area contributed by atoms with Crippen molar-refractivity contribution in [3.05, 3.63) is 28.2 Å². The molecule has 1 amide bonds. The molecule has 1 aliphatic heterocycles. The van der Waals surface area contributed by atoms with Crippen LogP contribution in [0.2, 0.25) is 10.0 Å². The molecule has 1 heterocycles. The lowest BCUT2D eigenvalue weighted by molar-refractivity contribution is -0.123. The first-order valence-electron chi connectivity index (χ1n) is 9.74. The fraction of sp³-hybridized carbons (Fsp3) is 0.632. The number of halogens is 2. The molecule has 1 saturated carbocycles. The smallest absolute Gasteiger partial charge is 0.244 e. The highest BCUT2D eigenvalue weighted by atomic mass is 35.5. The van der Waals surface area contributed by atoms with Crippen molar-refractivity contribution in [1.82, 2.24) is 14.5 Å². The molecule has 0 aromatic heterocycles. The number of carbonyl (C=O) groups is 1. The van der Waals surface area contributed by atoms with Gasteiger partial charge in [0, 0.05) is 37.2 Å². The van der Waals surface area contributed by atoms with Crippen molar-refractivity contribution in [1.29, 1.82) is 0 Å². The molecule has 0 unspecified atom stereocenters. The van der Waals surface area contributed by atoms with E-state index < -0.39 is 10.0 Å². The molecule has 156 valence electrons. The molecule has 9 heteroatoms. The van der Waals surface area contributed by atoms with Crippen LogP contribution in [-0.2, 0) is 14.8 Å². The molecule has 2 aliphatic rings. The van der Waals surface area contributed by atoms with E-state index in [0.29, 0.717) is 43.7 Å². The Morgan fingerprint density at radius 1 is 1.14 bits per heavy atom. The molecule has 28 heavy (non-hydrogen) atoms. The Morgan fingerprint density at radius 3 is 2.50 bits per heavy atom. The maximum atomic E-state index is 12.9. The predicted molar refractivity (Wildman–Crippen MR) is 111 cm³/mol. The van der Waals surface area contributed by atoms with E-state index in [1.54, 1.807) is 6.07 Å². The third-order valence-corrected chi connectivity index (χ3v) is 8.28. The van der Waals surface area contributed by atoms with Crippen LogP contribution in [0.5, 0.6) is 0 Å². The van der Waals surface area contributed by atoms with Crippen molar-refractivity contribution in [2.24, 2.45) is 5.92 Å². The van der Waals surface area contributed by atoms with Gasteiger partial charge in [-0.05, 0) is 37.0 Å². The highest BCUT2D eigenvalue weighted by molar-refractivity contribution is 7.89. The second-order valence-electron chi connectivity index (χ2n) is 7.69. The molecule has 1 saturated heterocycles. The molecule has 1 aromatic carbocycles. The molecule has 0 bridgehead atoms. The number of amides is 1. The van der Waals surface area contributed by atoms with Crippen LogP contribution in [0.3, 0.4) is 0 Å². The van der Waals surface area contributed by atoms with Gasteiger partial charge in [0.25, 0.3) is 0 Å². The second-order valence-corrected chi connectivity index (χ2v) is 10.4. The number of hydrogen-bond donors (Lipinski definition) is 1. The Morgan fingerprint density at radius 2 is 1.82 bits per heavy atom. The third kappa shape index (κ3) is 5.19. The van der Waals surface area contributed by atoms with Crippen molar-refractivity contribution in [3.63, 3.8) is 0 Å². The minimum Gasteiger partial charge on any atom is -0.352 e. The summed E-state index contributed by atoms with van der Waals surface area (Å²) in [6.45, 7) is 4.14. The summed E-state index contributed by atoms with van der Waals surface area (Å²) in [7, 11) is -3.71. The van der Waals surface area contributed by atoms with Crippen LogP contribution >= 0.6 is 23.2 Å². The fourth-order valence-electron chi connectivity index (χ4n) is 3.93. The first kappa shape index (κ1) is 21.8. The van der Waals surface area contributed by atoms with Crippen LogP contribution in [0.25, 0.3) is 0 Å². The zero-order valence-corrected chi connectivity index (χ0v) is 18.4. The second kappa shape index (κ2) is 9.30. The van der Waals surface area contributed by atoms with Crippen LogP contribution in [0.15, 0.2) is 23.1 Å². The molecule has 1 N–H and O–H groups in total. The predicted octanol–water partition coefficient (Wildman–Crippen LogP) is 2.99. The number of benzene rings is 1. The number of nitrogens with one attached hydrogen (secondary N) is 1. The lowest BCUT2D eigenvalue weighted by Gasteiger charge is -2.35. The van der Waals surface area contributed by atoms with Crippen LogP contribution in [0.1, 0.15) is 32.6 Å². The van der Waals surface area contributed by atoms with E-state index >= 15 is 0 Å². The van der Waals surface area contributed by atoms with Gasteiger partial charge >= 0.3 is 0 Å². The van der Waals surface area contributed by atoms with Gasteiger partial charge in [-0.15, -0.1) is 0 Å². The van der Waals surface area contributed by atoms with Crippen molar-refractivity contribution < 1.29 is 13.2 Å². The minimum absolute atomic E-state index is 0.0212. The molecular weight excluding hydrogens is 421 g/mol. The molecular formula is C19H27Cl2N3O3S. The van der Waals surface area contributed by atoms with Gasteiger partial charge < -0.3 is 5.32 Å². The van der Waals surface area contributed by atoms with E-state index in [1.807, 2.05) is 4.90 Å². The standard InChI is InChI=1S/C19H27Cl2N3O3S/c1-14-4-2-3-5-17(14)22-19(25)13-23-8-10-24(11-9-23)28(26,27)18-12-15(20)6-7-16(18)21/h6-7,12,14,17H,2-5,8-11,13H2,1H3,(H,22,25)/t14-,17+/m1/s1. The molecule has 2 atom stereocenters. The lowest BCUT2D eigenvalue weighted by Crippen LogP contribution is -2.52. The summed E-state index contributed by atoms with van der Waals surface area (Å²) in [5.74, 6) is 0.537. The van der Waals surface area contributed by atoms with Gasteiger partial charge in [-0.3, -0.25) is 9.69 Å².